The van der Waals surface area contributed by atoms with E-state index in [-0.39, 0.29) is 31.3 Å². The number of fused-ring (bicyclic) bond motifs is 1. The second-order valence-electron chi connectivity index (χ2n) is 4.71. The van der Waals surface area contributed by atoms with Gasteiger partial charge in [-0.15, -0.1) is 6.42 Å². The van der Waals surface area contributed by atoms with Gasteiger partial charge in [-0.3, -0.25) is 9.59 Å². The Balaban J connectivity index is 2.11. The number of rotatable bonds is 5. The molecule has 1 aromatic carbocycles. The van der Waals surface area contributed by atoms with Crippen molar-refractivity contribution < 1.29 is 14.7 Å². The second kappa shape index (κ2) is 6.11. The zero-order valence-corrected chi connectivity index (χ0v) is 11.0. The maximum absolute atomic E-state index is 11.7. The summed E-state index contributed by atoms with van der Waals surface area (Å²) in [6.45, 7) is 0.927. The number of carbonyl (C=O) groups excluding carboxylic acids is 1. The van der Waals surface area contributed by atoms with Crippen LogP contribution in [0.25, 0.3) is 0 Å². The highest BCUT2D eigenvalue weighted by Gasteiger charge is 2.30. The Morgan fingerprint density at radius 2 is 2.20 bits per heavy atom. The van der Waals surface area contributed by atoms with Gasteiger partial charge in [0.05, 0.1) is 19.5 Å². The topological polar surface area (TPSA) is 69.6 Å². The molecular weight excluding hydrogens is 256 g/mol. The lowest BCUT2D eigenvalue weighted by Gasteiger charge is -2.18. The van der Waals surface area contributed by atoms with Gasteiger partial charge in [-0.25, -0.2) is 0 Å². The van der Waals surface area contributed by atoms with Crippen molar-refractivity contribution in [3.05, 3.63) is 29.8 Å². The van der Waals surface area contributed by atoms with Crippen LogP contribution in [0.2, 0.25) is 0 Å². The van der Waals surface area contributed by atoms with Crippen LogP contribution in [0.3, 0.4) is 0 Å². The highest BCUT2D eigenvalue weighted by atomic mass is 16.4. The molecule has 5 heteroatoms. The molecule has 1 aromatic rings. The van der Waals surface area contributed by atoms with E-state index in [2.05, 4.69) is 11.2 Å². The van der Waals surface area contributed by atoms with Crippen molar-refractivity contribution in [2.45, 2.75) is 12.3 Å². The van der Waals surface area contributed by atoms with Gasteiger partial charge in [0.2, 0.25) is 5.91 Å². The van der Waals surface area contributed by atoms with Gasteiger partial charge < -0.3 is 15.3 Å². The van der Waals surface area contributed by atoms with E-state index in [1.165, 1.54) is 0 Å². The molecule has 1 atom stereocenters. The lowest BCUT2D eigenvalue weighted by atomic mass is 9.98. The molecule has 20 heavy (non-hydrogen) atoms. The summed E-state index contributed by atoms with van der Waals surface area (Å²) in [6, 6.07) is 7.60. The first-order valence-electron chi connectivity index (χ1n) is 6.37. The summed E-state index contributed by atoms with van der Waals surface area (Å²) in [4.78, 5) is 24.5. The fourth-order valence-corrected chi connectivity index (χ4v) is 2.50. The Morgan fingerprint density at radius 3 is 2.90 bits per heavy atom. The minimum atomic E-state index is -0.830. The molecule has 2 rings (SSSR count). The minimum Gasteiger partial charge on any atom is -0.481 e. The molecule has 0 spiro atoms. The number of carboxylic acids is 1. The molecule has 0 bridgehead atoms. The van der Waals surface area contributed by atoms with Crippen LogP contribution < -0.4 is 10.2 Å². The van der Waals surface area contributed by atoms with Crippen LogP contribution in [0.15, 0.2) is 24.3 Å². The monoisotopic (exact) mass is 272 g/mol. The first-order chi connectivity index (χ1) is 9.61. The third-order valence-corrected chi connectivity index (χ3v) is 3.30. The molecular formula is C15H16N2O3. The summed E-state index contributed by atoms with van der Waals surface area (Å²) in [5.74, 6) is 1.28. The maximum atomic E-state index is 11.7. The molecule has 1 aliphatic rings. The molecule has 0 saturated carbocycles. The van der Waals surface area contributed by atoms with Gasteiger partial charge in [-0.1, -0.05) is 24.1 Å². The first kappa shape index (κ1) is 13.9. The number of hydrogen-bond donors (Lipinski definition) is 2. The van der Waals surface area contributed by atoms with Gasteiger partial charge in [0.1, 0.15) is 0 Å². The van der Waals surface area contributed by atoms with Crippen molar-refractivity contribution in [3.63, 3.8) is 0 Å². The predicted molar refractivity (Wildman–Crippen MR) is 75.5 cm³/mol. The molecule has 1 heterocycles. The number of carbonyl (C=O) groups is 2. The van der Waals surface area contributed by atoms with E-state index in [0.29, 0.717) is 6.54 Å². The van der Waals surface area contributed by atoms with Gasteiger partial charge in [-0.05, 0) is 11.6 Å². The first-order valence-corrected chi connectivity index (χ1v) is 6.37. The molecule has 0 saturated heterocycles. The average molecular weight is 272 g/mol. The van der Waals surface area contributed by atoms with E-state index in [1.807, 2.05) is 29.2 Å². The number of benzene rings is 1. The van der Waals surface area contributed by atoms with Gasteiger partial charge >= 0.3 is 5.97 Å². The van der Waals surface area contributed by atoms with E-state index < -0.39 is 5.97 Å². The molecule has 0 aliphatic carbocycles. The summed E-state index contributed by atoms with van der Waals surface area (Å²) in [6.07, 6.45) is 5.16. The molecule has 0 fully saturated rings. The van der Waals surface area contributed by atoms with Crippen LogP contribution in [0.1, 0.15) is 17.9 Å². The van der Waals surface area contributed by atoms with E-state index >= 15 is 0 Å². The maximum Gasteiger partial charge on any atom is 0.304 e. The van der Waals surface area contributed by atoms with E-state index in [0.717, 1.165) is 11.3 Å². The lowest BCUT2D eigenvalue weighted by Crippen LogP contribution is -2.37. The van der Waals surface area contributed by atoms with Crippen LogP contribution in [0.5, 0.6) is 0 Å². The third-order valence-electron chi connectivity index (χ3n) is 3.30. The predicted octanol–water partition coefficient (Wildman–Crippen LogP) is 0.814. The number of anilines is 1. The Labute approximate surface area is 117 Å². The standard InChI is InChI=1S/C15H16N2O3/c1-2-7-16-14(18)10-17-9-11(8-15(19)20)12-5-3-4-6-13(12)17/h1,3-6,11H,7-10H2,(H,16,18)(H,19,20). The fraction of sp³-hybridized carbons (Fsp3) is 0.333. The zero-order chi connectivity index (χ0) is 14.5. The van der Waals surface area contributed by atoms with Crippen molar-refractivity contribution in [3.8, 4) is 12.3 Å². The van der Waals surface area contributed by atoms with Crippen molar-refractivity contribution >= 4 is 17.6 Å². The van der Waals surface area contributed by atoms with Crippen LogP contribution in [0, 0.1) is 12.3 Å². The van der Waals surface area contributed by atoms with Crippen molar-refractivity contribution in [2.75, 3.05) is 24.5 Å². The molecule has 104 valence electrons. The normalized spacial score (nSPS) is 16.4. The number of amides is 1. The van der Waals surface area contributed by atoms with Gasteiger partial charge in [0, 0.05) is 18.2 Å². The highest BCUT2D eigenvalue weighted by molar-refractivity contribution is 5.83. The molecule has 2 N–H and O–H groups in total. The third kappa shape index (κ3) is 3.09. The van der Waals surface area contributed by atoms with Crippen molar-refractivity contribution in [1.82, 2.24) is 5.32 Å². The van der Waals surface area contributed by atoms with Gasteiger partial charge in [-0.2, -0.15) is 0 Å². The molecule has 5 nitrogen and oxygen atoms in total. The quantitative estimate of drug-likeness (QED) is 0.778. The average Bonchev–Trinajstić information content (AvgIpc) is 2.74. The highest BCUT2D eigenvalue weighted by Crippen LogP contribution is 2.37. The second-order valence-corrected chi connectivity index (χ2v) is 4.71. The van der Waals surface area contributed by atoms with Gasteiger partial charge in [0.25, 0.3) is 0 Å². The number of carboxylic acid groups (broad SMARTS) is 1. The summed E-state index contributed by atoms with van der Waals surface area (Å²) in [5, 5.41) is 11.6. The zero-order valence-electron chi connectivity index (χ0n) is 11.0. The summed E-state index contributed by atoms with van der Waals surface area (Å²) < 4.78 is 0. The fourth-order valence-electron chi connectivity index (χ4n) is 2.50. The number of nitrogens with zero attached hydrogens (tertiary/aromatic N) is 1. The van der Waals surface area contributed by atoms with Crippen LogP contribution in [0.4, 0.5) is 5.69 Å². The smallest absolute Gasteiger partial charge is 0.304 e. The Bertz CT molecular complexity index is 562. The number of aliphatic carboxylic acids is 1. The molecule has 1 aliphatic heterocycles. The van der Waals surface area contributed by atoms with Crippen molar-refractivity contribution in [2.24, 2.45) is 0 Å². The lowest BCUT2D eigenvalue weighted by molar-refractivity contribution is -0.137. The SMILES string of the molecule is C#CCNC(=O)CN1CC(CC(=O)O)c2ccccc21. The summed E-state index contributed by atoms with van der Waals surface area (Å²) in [5.41, 5.74) is 1.91. The van der Waals surface area contributed by atoms with E-state index in [1.54, 1.807) is 0 Å². The number of nitrogens with one attached hydrogen (secondary N) is 1. The molecule has 1 unspecified atom stereocenters. The van der Waals surface area contributed by atoms with Crippen LogP contribution >= 0.6 is 0 Å². The van der Waals surface area contributed by atoms with E-state index in [9.17, 15) is 9.59 Å². The Hall–Kier alpha value is -2.48. The number of terminal acetylenes is 1. The van der Waals surface area contributed by atoms with Gasteiger partial charge in [0.15, 0.2) is 0 Å². The number of hydrogen-bond acceptors (Lipinski definition) is 3. The summed E-state index contributed by atoms with van der Waals surface area (Å²) >= 11 is 0. The number of para-hydroxylation sites is 1. The van der Waals surface area contributed by atoms with E-state index in [4.69, 9.17) is 11.5 Å². The van der Waals surface area contributed by atoms with Crippen LogP contribution in [-0.2, 0) is 9.59 Å². The Morgan fingerprint density at radius 1 is 1.45 bits per heavy atom. The Kier molecular flexibility index (Phi) is 4.26. The molecule has 1 amide bonds. The van der Waals surface area contributed by atoms with Crippen molar-refractivity contribution in [1.29, 1.82) is 0 Å². The molecule has 0 aromatic heterocycles. The van der Waals surface area contributed by atoms with Crippen LogP contribution in [-0.4, -0.2) is 36.6 Å². The minimum absolute atomic E-state index is 0.0689. The largest absolute Gasteiger partial charge is 0.481 e. The molecule has 0 radical (unpaired) electrons. The summed E-state index contributed by atoms with van der Waals surface area (Å²) in [7, 11) is 0.